The van der Waals surface area contributed by atoms with Crippen LogP contribution in [-0.2, 0) is 4.74 Å². The zero-order valence-corrected chi connectivity index (χ0v) is 27.7. The fraction of sp³-hybridized carbons (Fsp3) is 1.00. The van der Waals surface area contributed by atoms with Crippen molar-refractivity contribution in [2.45, 2.75) is 180 Å². The minimum Gasteiger partial charge on any atom is -0.392 e. The lowest BCUT2D eigenvalue weighted by molar-refractivity contribution is 0.0350. The van der Waals surface area contributed by atoms with Crippen molar-refractivity contribution in [2.24, 2.45) is 5.73 Å². The predicted octanol–water partition coefficient (Wildman–Crippen LogP) is 8.61. The van der Waals surface area contributed by atoms with Gasteiger partial charge in [0.2, 0.25) is 0 Å². The quantitative estimate of drug-likeness (QED) is 0.0677. The van der Waals surface area contributed by atoms with Gasteiger partial charge in [0, 0.05) is 46.4 Å². The molecule has 0 aliphatic heterocycles. The third-order valence-electron chi connectivity index (χ3n) is 8.46. The van der Waals surface area contributed by atoms with Gasteiger partial charge in [0.1, 0.15) is 0 Å². The molecule has 5 heteroatoms. The summed E-state index contributed by atoms with van der Waals surface area (Å²) in [4.78, 5) is 2.42. The average Bonchev–Trinajstić information content (AvgIpc) is 2.96. The lowest BCUT2D eigenvalue weighted by Gasteiger charge is -2.29. The molecular weight excluding hydrogens is 494 g/mol. The van der Waals surface area contributed by atoms with Gasteiger partial charge in [0.25, 0.3) is 0 Å². The molecule has 4 N–H and O–H groups in total. The van der Waals surface area contributed by atoms with Crippen molar-refractivity contribution in [3.8, 4) is 0 Å². The van der Waals surface area contributed by atoms with Crippen LogP contribution < -0.4 is 11.1 Å². The van der Waals surface area contributed by atoms with E-state index in [9.17, 15) is 5.11 Å². The number of methoxy groups -OCH3 is 1. The molecule has 0 aromatic rings. The summed E-state index contributed by atoms with van der Waals surface area (Å²) in [6, 6.07) is 0. The average molecular weight is 570 g/mol. The van der Waals surface area contributed by atoms with Crippen LogP contribution in [0.1, 0.15) is 168 Å². The zero-order valence-electron chi connectivity index (χ0n) is 27.7. The number of rotatable bonds is 34. The first-order valence-corrected chi connectivity index (χ1v) is 18.0. The van der Waals surface area contributed by atoms with Crippen molar-refractivity contribution in [2.75, 3.05) is 46.4 Å². The van der Waals surface area contributed by atoms with Crippen molar-refractivity contribution >= 4 is 0 Å². The monoisotopic (exact) mass is 570 g/mol. The first kappa shape index (κ1) is 39.8. The van der Waals surface area contributed by atoms with Gasteiger partial charge in [-0.05, 0) is 12.8 Å². The summed E-state index contributed by atoms with van der Waals surface area (Å²) in [5.74, 6) is 0. The van der Waals surface area contributed by atoms with E-state index < -0.39 is 0 Å². The third-order valence-corrected chi connectivity index (χ3v) is 8.46. The standard InChI is InChI=1S/C35H75N3O2/c1-4-6-8-10-12-14-16-18-20-22-24-26-34(39)32-38(31-30-37-29-28-36)33-35(40-3)27-25-23-21-19-17-15-13-11-9-7-5-2/h34-35,37,39H,4-33,36H2,1-3H3. The van der Waals surface area contributed by atoms with E-state index >= 15 is 0 Å². The van der Waals surface area contributed by atoms with Crippen LogP contribution in [0.15, 0.2) is 0 Å². The second kappa shape index (κ2) is 33.3. The van der Waals surface area contributed by atoms with E-state index in [1.54, 1.807) is 0 Å². The highest BCUT2D eigenvalue weighted by atomic mass is 16.5. The van der Waals surface area contributed by atoms with E-state index in [4.69, 9.17) is 10.5 Å². The molecule has 40 heavy (non-hydrogen) atoms. The Morgan fingerprint density at radius 1 is 0.600 bits per heavy atom. The van der Waals surface area contributed by atoms with E-state index in [0.29, 0.717) is 6.54 Å². The summed E-state index contributed by atoms with van der Waals surface area (Å²) in [5.41, 5.74) is 5.65. The second-order valence-corrected chi connectivity index (χ2v) is 12.5. The summed E-state index contributed by atoms with van der Waals surface area (Å²) in [6.07, 6.45) is 32.0. The molecule has 2 unspecified atom stereocenters. The van der Waals surface area contributed by atoms with Crippen LogP contribution in [0, 0.1) is 0 Å². The van der Waals surface area contributed by atoms with Crippen LogP contribution in [0.5, 0.6) is 0 Å². The Morgan fingerprint density at radius 3 is 1.45 bits per heavy atom. The molecule has 0 saturated carbocycles. The van der Waals surface area contributed by atoms with Gasteiger partial charge in [-0.1, -0.05) is 155 Å². The summed E-state index contributed by atoms with van der Waals surface area (Å²) >= 11 is 0. The van der Waals surface area contributed by atoms with Gasteiger partial charge in [-0.2, -0.15) is 0 Å². The molecule has 0 radical (unpaired) electrons. The van der Waals surface area contributed by atoms with Gasteiger partial charge in [-0.3, -0.25) is 4.90 Å². The fourth-order valence-corrected chi connectivity index (χ4v) is 5.76. The van der Waals surface area contributed by atoms with Crippen LogP contribution in [0.25, 0.3) is 0 Å². The molecule has 0 aliphatic carbocycles. The van der Waals surface area contributed by atoms with E-state index in [1.807, 2.05) is 7.11 Å². The first-order valence-electron chi connectivity index (χ1n) is 18.0. The molecule has 0 aromatic heterocycles. The van der Waals surface area contributed by atoms with Gasteiger partial charge >= 0.3 is 0 Å². The minimum atomic E-state index is -0.243. The molecule has 0 aromatic carbocycles. The molecule has 0 aliphatic rings. The maximum absolute atomic E-state index is 10.8. The Morgan fingerprint density at radius 2 is 1.02 bits per heavy atom. The number of ether oxygens (including phenoxy) is 1. The normalized spacial score (nSPS) is 13.3. The molecule has 5 nitrogen and oxygen atoms in total. The summed E-state index contributed by atoms with van der Waals surface area (Å²) in [7, 11) is 1.86. The maximum Gasteiger partial charge on any atom is 0.0698 e. The molecule has 0 heterocycles. The third kappa shape index (κ3) is 29.3. The second-order valence-electron chi connectivity index (χ2n) is 12.5. The number of aliphatic hydroxyl groups excluding tert-OH is 1. The first-order chi connectivity index (χ1) is 19.7. The molecule has 0 rings (SSSR count). The topological polar surface area (TPSA) is 70.8 Å². The number of nitrogens with two attached hydrogens (primary N) is 1. The van der Waals surface area contributed by atoms with Gasteiger partial charge in [-0.15, -0.1) is 0 Å². The Kier molecular flexibility index (Phi) is 33.1. The van der Waals surface area contributed by atoms with Crippen LogP contribution in [-0.4, -0.2) is 68.6 Å². The Labute approximate surface area is 252 Å². The van der Waals surface area contributed by atoms with Crippen molar-refractivity contribution in [1.82, 2.24) is 10.2 Å². The number of hydrogen-bond donors (Lipinski definition) is 3. The molecule has 0 saturated heterocycles. The smallest absolute Gasteiger partial charge is 0.0698 e. The highest BCUT2D eigenvalue weighted by Crippen LogP contribution is 2.15. The number of hydrogen-bond acceptors (Lipinski definition) is 5. The van der Waals surface area contributed by atoms with Gasteiger partial charge in [0.05, 0.1) is 12.2 Å². The van der Waals surface area contributed by atoms with Gasteiger partial charge in [-0.25, -0.2) is 0 Å². The summed E-state index contributed by atoms with van der Waals surface area (Å²) < 4.78 is 5.89. The predicted molar refractivity (Wildman–Crippen MR) is 177 cm³/mol. The minimum absolute atomic E-state index is 0.243. The zero-order chi connectivity index (χ0) is 29.4. The Bertz CT molecular complexity index is 466. The number of aliphatic hydroxyl groups is 1. The highest BCUT2D eigenvalue weighted by molar-refractivity contribution is 4.72. The van der Waals surface area contributed by atoms with Crippen molar-refractivity contribution < 1.29 is 9.84 Å². The van der Waals surface area contributed by atoms with Crippen molar-refractivity contribution in [3.05, 3.63) is 0 Å². The number of nitrogens with zero attached hydrogens (tertiary/aromatic N) is 1. The fourth-order valence-electron chi connectivity index (χ4n) is 5.76. The molecule has 242 valence electrons. The van der Waals surface area contributed by atoms with Gasteiger partial charge in [0.15, 0.2) is 0 Å². The molecule has 2 atom stereocenters. The molecule has 0 amide bonds. The molecule has 0 spiro atoms. The van der Waals surface area contributed by atoms with E-state index in [0.717, 1.165) is 52.0 Å². The van der Waals surface area contributed by atoms with Crippen LogP contribution >= 0.6 is 0 Å². The largest absolute Gasteiger partial charge is 0.392 e. The van der Waals surface area contributed by atoms with Gasteiger partial charge < -0.3 is 20.9 Å². The van der Waals surface area contributed by atoms with Crippen molar-refractivity contribution in [1.29, 1.82) is 0 Å². The van der Waals surface area contributed by atoms with Crippen LogP contribution in [0.2, 0.25) is 0 Å². The SMILES string of the molecule is CCCCCCCCCCCCCC(O)CN(CCNCCN)CC(CCCCCCCCCCCCC)OC. The lowest BCUT2D eigenvalue weighted by Crippen LogP contribution is -2.42. The Balaban J connectivity index is 4.09. The molecule has 0 bridgehead atoms. The highest BCUT2D eigenvalue weighted by Gasteiger charge is 2.17. The van der Waals surface area contributed by atoms with Crippen LogP contribution in [0.3, 0.4) is 0 Å². The Hall–Kier alpha value is -0.200. The lowest BCUT2D eigenvalue weighted by atomic mass is 10.0. The van der Waals surface area contributed by atoms with Crippen LogP contribution in [0.4, 0.5) is 0 Å². The molecule has 0 fully saturated rings. The summed E-state index contributed by atoms with van der Waals surface area (Å²) in [5, 5.41) is 14.2. The van der Waals surface area contributed by atoms with E-state index in [-0.39, 0.29) is 12.2 Å². The number of nitrogens with one attached hydrogen (secondary N) is 1. The van der Waals surface area contributed by atoms with E-state index in [1.165, 1.54) is 135 Å². The molecular formula is C35H75N3O2. The maximum atomic E-state index is 10.8. The van der Waals surface area contributed by atoms with E-state index in [2.05, 4.69) is 24.1 Å². The summed E-state index contributed by atoms with van der Waals surface area (Å²) in [6.45, 7) is 9.60. The number of unbranched alkanes of at least 4 members (excludes halogenated alkanes) is 20. The van der Waals surface area contributed by atoms with Crippen molar-refractivity contribution in [3.63, 3.8) is 0 Å².